The number of nitro benzene ring substituents is 1. The van der Waals surface area contributed by atoms with E-state index in [1.165, 1.54) is 12.1 Å². The molecule has 5 nitrogen and oxygen atoms in total. The minimum atomic E-state index is -1.12. The second-order valence-electron chi connectivity index (χ2n) is 2.80. The van der Waals surface area contributed by atoms with E-state index in [0.29, 0.717) is 6.42 Å². The maximum atomic E-state index is 10.3. The zero-order valence-electron chi connectivity index (χ0n) is 7.30. The van der Waals surface area contributed by atoms with Crippen LogP contribution in [0.3, 0.4) is 0 Å². The van der Waals surface area contributed by atoms with Gasteiger partial charge in [0.1, 0.15) is 0 Å². The van der Waals surface area contributed by atoms with E-state index in [2.05, 4.69) is 0 Å². The highest BCUT2D eigenvalue weighted by molar-refractivity contribution is 5.64. The van der Waals surface area contributed by atoms with Gasteiger partial charge in [-0.2, -0.15) is 0 Å². The fourth-order valence-corrected chi connectivity index (χ4v) is 1.03. The molecule has 0 atom stereocenters. The number of carboxylic acids is 1. The lowest BCUT2D eigenvalue weighted by Gasteiger charge is -2.01. The average molecular weight is 194 g/mol. The van der Waals surface area contributed by atoms with E-state index in [1.54, 1.807) is 12.1 Å². The smallest absolute Gasteiger partial charge is 0.269 e. The molecule has 1 rings (SSSR count). The third-order valence-electron chi connectivity index (χ3n) is 1.76. The molecule has 0 N–H and O–H groups in total. The summed E-state index contributed by atoms with van der Waals surface area (Å²) in [6.45, 7) is 0. The van der Waals surface area contributed by atoms with Crippen LogP contribution in [0.5, 0.6) is 0 Å². The Bertz CT molecular complexity index is 344. The number of non-ortho nitro benzene ring substituents is 1. The van der Waals surface area contributed by atoms with Crippen molar-refractivity contribution >= 4 is 11.7 Å². The molecule has 5 heteroatoms. The summed E-state index contributed by atoms with van der Waals surface area (Å²) >= 11 is 0. The van der Waals surface area contributed by atoms with Crippen LogP contribution >= 0.6 is 0 Å². The van der Waals surface area contributed by atoms with Gasteiger partial charge in [-0.3, -0.25) is 10.1 Å². The van der Waals surface area contributed by atoms with Gasteiger partial charge >= 0.3 is 0 Å². The first-order valence-corrected chi connectivity index (χ1v) is 4.03. The summed E-state index contributed by atoms with van der Waals surface area (Å²) in [6.07, 6.45) is 0.262. The molecule has 14 heavy (non-hydrogen) atoms. The fourth-order valence-electron chi connectivity index (χ4n) is 1.03. The number of nitro groups is 1. The van der Waals surface area contributed by atoms with E-state index in [-0.39, 0.29) is 12.1 Å². The molecule has 1 aromatic carbocycles. The van der Waals surface area contributed by atoms with Gasteiger partial charge in [-0.05, 0) is 18.4 Å². The lowest BCUT2D eigenvalue weighted by molar-refractivity contribution is -0.384. The van der Waals surface area contributed by atoms with Crippen LogP contribution in [0.15, 0.2) is 24.3 Å². The summed E-state index contributed by atoms with van der Waals surface area (Å²) < 4.78 is 0. The lowest BCUT2D eigenvalue weighted by Crippen LogP contribution is -2.22. The van der Waals surface area contributed by atoms with Crippen molar-refractivity contribution in [3.05, 3.63) is 39.9 Å². The first kappa shape index (κ1) is 10.2. The predicted octanol–water partition coefficient (Wildman–Crippen LogP) is 0.277. The summed E-state index contributed by atoms with van der Waals surface area (Å²) in [5.41, 5.74) is 0.752. The van der Waals surface area contributed by atoms with Crippen molar-refractivity contribution in [2.45, 2.75) is 12.8 Å². The topological polar surface area (TPSA) is 83.3 Å². The second kappa shape index (κ2) is 4.36. The van der Waals surface area contributed by atoms with Crippen molar-refractivity contribution in [1.29, 1.82) is 0 Å². The highest BCUT2D eigenvalue weighted by Gasteiger charge is 2.03. The van der Waals surface area contributed by atoms with Gasteiger partial charge in [0.05, 0.1) is 4.92 Å². The van der Waals surface area contributed by atoms with Crippen LogP contribution in [0.4, 0.5) is 5.69 Å². The van der Waals surface area contributed by atoms with Crippen LogP contribution in [-0.4, -0.2) is 10.9 Å². The zero-order chi connectivity index (χ0) is 10.6. The van der Waals surface area contributed by atoms with Crippen LogP contribution in [0.25, 0.3) is 0 Å². The summed E-state index contributed by atoms with van der Waals surface area (Å²) in [6, 6.07) is 5.79. The van der Waals surface area contributed by atoms with Crippen LogP contribution < -0.4 is 5.11 Å². The lowest BCUT2D eigenvalue weighted by atomic mass is 10.1. The number of carbonyl (C=O) groups is 1. The fraction of sp³-hybridized carbons (Fsp3) is 0.222. The van der Waals surface area contributed by atoms with E-state index in [4.69, 9.17) is 0 Å². The molecule has 0 saturated carbocycles. The molecular weight excluding hydrogens is 186 g/mol. The van der Waals surface area contributed by atoms with Crippen LogP contribution in [0.2, 0.25) is 0 Å². The molecule has 0 saturated heterocycles. The van der Waals surface area contributed by atoms with Crippen molar-refractivity contribution in [3.8, 4) is 0 Å². The number of aryl methyl sites for hydroxylation is 1. The van der Waals surface area contributed by atoms with E-state index in [1.807, 2.05) is 0 Å². The van der Waals surface area contributed by atoms with E-state index in [9.17, 15) is 20.0 Å². The van der Waals surface area contributed by atoms with Gasteiger partial charge in [-0.15, -0.1) is 0 Å². The quantitative estimate of drug-likeness (QED) is 0.509. The monoisotopic (exact) mass is 194 g/mol. The number of aliphatic carboxylic acids is 1. The van der Waals surface area contributed by atoms with Gasteiger partial charge < -0.3 is 9.90 Å². The molecule has 0 unspecified atom stereocenters. The standard InChI is InChI=1S/C9H9NO4/c11-9(12)6-3-7-1-4-8(5-2-7)10(13)14/h1-2,4-5H,3,6H2,(H,11,12)/p-1. The molecule has 0 aliphatic heterocycles. The summed E-state index contributed by atoms with van der Waals surface area (Å²) in [5.74, 6) is -1.12. The zero-order valence-corrected chi connectivity index (χ0v) is 7.30. The molecule has 0 aliphatic carbocycles. The SMILES string of the molecule is O=C([O-])CCc1ccc([N+](=O)[O-])cc1. The Morgan fingerprint density at radius 1 is 1.29 bits per heavy atom. The molecular formula is C9H8NO4-. The Labute approximate surface area is 80.1 Å². The number of carbonyl (C=O) groups excluding carboxylic acids is 1. The van der Waals surface area contributed by atoms with Gasteiger partial charge in [0.2, 0.25) is 0 Å². The maximum absolute atomic E-state index is 10.3. The van der Waals surface area contributed by atoms with E-state index < -0.39 is 10.9 Å². The number of rotatable bonds is 4. The van der Waals surface area contributed by atoms with Crippen LogP contribution in [-0.2, 0) is 11.2 Å². The second-order valence-corrected chi connectivity index (χ2v) is 2.80. The molecule has 1 aromatic rings. The largest absolute Gasteiger partial charge is 0.550 e. The normalized spacial score (nSPS) is 9.71. The van der Waals surface area contributed by atoms with Crippen molar-refractivity contribution in [1.82, 2.24) is 0 Å². The van der Waals surface area contributed by atoms with Gasteiger partial charge in [0.25, 0.3) is 5.69 Å². The Balaban J connectivity index is 2.64. The Morgan fingerprint density at radius 3 is 2.29 bits per heavy atom. The summed E-state index contributed by atoms with van der Waals surface area (Å²) in [5, 5.41) is 20.4. The van der Waals surface area contributed by atoms with Gasteiger partial charge in [0, 0.05) is 18.1 Å². The minimum Gasteiger partial charge on any atom is -0.550 e. The highest BCUT2D eigenvalue weighted by Crippen LogP contribution is 2.12. The van der Waals surface area contributed by atoms with Crippen molar-refractivity contribution in [2.75, 3.05) is 0 Å². The maximum Gasteiger partial charge on any atom is 0.269 e. The first-order valence-electron chi connectivity index (χ1n) is 4.03. The molecule has 0 fully saturated rings. The van der Waals surface area contributed by atoms with Crippen molar-refractivity contribution in [2.24, 2.45) is 0 Å². The predicted molar refractivity (Wildman–Crippen MR) is 46.4 cm³/mol. The number of benzene rings is 1. The van der Waals surface area contributed by atoms with Crippen LogP contribution in [0, 0.1) is 10.1 Å². The first-order chi connectivity index (χ1) is 6.59. The Morgan fingerprint density at radius 2 is 1.86 bits per heavy atom. The summed E-state index contributed by atoms with van der Waals surface area (Å²) in [7, 11) is 0. The molecule has 0 spiro atoms. The van der Waals surface area contributed by atoms with Gasteiger partial charge in [-0.1, -0.05) is 12.1 Å². The molecule has 74 valence electrons. The van der Waals surface area contributed by atoms with Crippen LogP contribution in [0.1, 0.15) is 12.0 Å². The number of hydrogen-bond acceptors (Lipinski definition) is 4. The molecule has 0 aliphatic rings. The molecule has 0 heterocycles. The highest BCUT2D eigenvalue weighted by atomic mass is 16.6. The van der Waals surface area contributed by atoms with Gasteiger partial charge in [-0.25, -0.2) is 0 Å². The van der Waals surface area contributed by atoms with Gasteiger partial charge in [0.15, 0.2) is 0 Å². The van der Waals surface area contributed by atoms with E-state index in [0.717, 1.165) is 5.56 Å². The average Bonchev–Trinajstić information content (AvgIpc) is 2.15. The number of hydrogen-bond donors (Lipinski definition) is 0. The molecule has 0 bridgehead atoms. The third-order valence-corrected chi connectivity index (χ3v) is 1.76. The minimum absolute atomic E-state index is 0.00204. The third kappa shape index (κ3) is 2.85. The number of carboxylic acid groups (broad SMARTS) is 1. The van der Waals surface area contributed by atoms with E-state index >= 15 is 0 Å². The number of nitrogens with zero attached hydrogens (tertiary/aromatic N) is 1. The summed E-state index contributed by atoms with van der Waals surface area (Å²) in [4.78, 5) is 19.9. The van der Waals surface area contributed by atoms with Crippen molar-refractivity contribution < 1.29 is 14.8 Å². The Hall–Kier alpha value is -1.91. The van der Waals surface area contributed by atoms with Crippen molar-refractivity contribution in [3.63, 3.8) is 0 Å². The molecule has 0 amide bonds. The Kier molecular flexibility index (Phi) is 3.17. The molecule has 0 aromatic heterocycles. The molecule has 0 radical (unpaired) electrons.